The van der Waals surface area contributed by atoms with Gasteiger partial charge in [-0.05, 0) is 30.0 Å². The quantitative estimate of drug-likeness (QED) is 0.886. The summed E-state index contributed by atoms with van der Waals surface area (Å²) in [6.45, 7) is 2.19. The van der Waals surface area contributed by atoms with E-state index in [1.165, 1.54) is 11.1 Å². The first-order valence-corrected chi connectivity index (χ1v) is 6.80. The van der Waals surface area contributed by atoms with Gasteiger partial charge in [-0.1, -0.05) is 12.1 Å². The summed E-state index contributed by atoms with van der Waals surface area (Å²) >= 11 is 0. The van der Waals surface area contributed by atoms with Crippen molar-refractivity contribution in [3.63, 3.8) is 0 Å². The van der Waals surface area contributed by atoms with Gasteiger partial charge >= 0.3 is 0 Å². The molecule has 0 atom stereocenters. The molecule has 4 nitrogen and oxygen atoms in total. The first kappa shape index (κ1) is 12.6. The number of benzene rings is 1. The molecule has 0 radical (unpaired) electrons. The molecule has 4 heteroatoms. The van der Waals surface area contributed by atoms with Crippen molar-refractivity contribution in [2.24, 2.45) is 11.1 Å². The Morgan fingerprint density at radius 2 is 2.16 bits per heavy atom. The number of nitrogens with zero attached hydrogens (tertiary/aromatic N) is 1. The molecular formula is C15H20N2O2. The van der Waals surface area contributed by atoms with E-state index < -0.39 is 0 Å². The fourth-order valence-corrected chi connectivity index (χ4v) is 2.94. The number of hydrogen-bond donors (Lipinski definition) is 1. The molecule has 0 saturated carbocycles. The molecule has 1 aromatic carbocycles. The van der Waals surface area contributed by atoms with Gasteiger partial charge in [0.1, 0.15) is 0 Å². The standard InChI is InChI=1S/C15H20N2O2/c1-17-13-4-2-11(6-12(13)3-5-14(17)18)7-15(8-16)9-19-10-15/h2,4,6H,3,5,7-10,16H2,1H3. The summed E-state index contributed by atoms with van der Waals surface area (Å²) in [5.41, 5.74) is 9.61. The second-order valence-electron chi connectivity index (χ2n) is 5.79. The van der Waals surface area contributed by atoms with Crippen LogP contribution in [-0.4, -0.2) is 32.7 Å². The second-order valence-corrected chi connectivity index (χ2v) is 5.79. The highest BCUT2D eigenvalue weighted by atomic mass is 16.5. The van der Waals surface area contributed by atoms with Crippen LogP contribution in [0.3, 0.4) is 0 Å². The van der Waals surface area contributed by atoms with Gasteiger partial charge in [0.2, 0.25) is 5.91 Å². The third-order valence-corrected chi connectivity index (χ3v) is 4.32. The normalized spacial score (nSPS) is 20.9. The highest BCUT2D eigenvalue weighted by Gasteiger charge is 2.37. The van der Waals surface area contributed by atoms with Crippen LogP contribution in [0.1, 0.15) is 17.5 Å². The molecule has 1 aromatic rings. The Balaban J connectivity index is 1.84. The maximum atomic E-state index is 11.7. The monoisotopic (exact) mass is 260 g/mol. The minimum absolute atomic E-state index is 0.130. The maximum absolute atomic E-state index is 11.7. The van der Waals surface area contributed by atoms with E-state index in [0.29, 0.717) is 13.0 Å². The van der Waals surface area contributed by atoms with Gasteiger partial charge in [-0.25, -0.2) is 0 Å². The maximum Gasteiger partial charge on any atom is 0.227 e. The number of amides is 1. The summed E-state index contributed by atoms with van der Waals surface area (Å²) in [6, 6.07) is 6.41. The van der Waals surface area contributed by atoms with Crippen molar-refractivity contribution in [1.29, 1.82) is 0 Å². The lowest BCUT2D eigenvalue weighted by molar-refractivity contribution is -0.118. The van der Waals surface area contributed by atoms with Crippen molar-refractivity contribution in [1.82, 2.24) is 0 Å². The summed E-state index contributed by atoms with van der Waals surface area (Å²) in [4.78, 5) is 13.4. The Hall–Kier alpha value is -1.39. The molecule has 2 aliphatic heterocycles. The van der Waals surface area contributed by atoms with E-state index in [9.17, 15) is 4.79 Å². The zero-order valence-electron chi connectivity index (χ0n) is 11.3. The van der Waals surface area contributed by atoms with Crippen LogP contribution >= 0.6 is 0 Å². The molecule has 0 aliphatic carbocycles. The van der Waals surface area contributed by atoms with Gasteiger partial charge in [-0.15, -0.1) is 0 Å². The topological polar surface area (TPSA) is 55.6 Å². The largest absolute Gasteiger partial charge is 0.380 e. The zero-order chi connectivity index (χ0) is 13.5. The van der Waals surface area contributed by atoms with Gasteiger partial charge < -0.3 is 15.4 Å². The van der Waals surface area contributed by atoms with Gasteiger partial charge in [-0.3, -0.25) is 4.79 Å². The fraction of sp³-hybridized carbons (Fsp3) is 0.533. The first-order valence-electron chi connectivity index (χ1n) is 6.80. The van der Waals surface area contributed by atoms with Gasteiger partial charge in [0.05, 0.1) is 13.2 Å². The van der Waals surface area contributed by atoms with Crippen LogP contribution in [0.25, 0.3) is 0 Å². The van der Waals surface area contributed by atoms with E-state index in [1.807, 2.05) is 7.05 Å². The van der Waals surface area contributed by atoms with Crippen LogP contribution in [-0.2, 0) is 22.4 Å². The Bertz CT molecular complexity index is 503. The molecule has 0 bridgehead atoms. The van der Waals surface area contributed by atoms with Crippen LogP contribution in [0.2, 0.25) is 0 Å². The number of fused-ring (bicyclic) bond motifs is 1. The molecule has 3 rings (SSSR count). The molecule has 2 aliphatic rings. The molecule has 0 unspecified atom stereocenters. The van der Waals surface area contributed by atoms with E-state index in [1.54, 1.807) is 4.90 Å². The predicted octanol–water partition coefficient (Wildman–Crippen LogP) is 1.11. The minimum Gasteiger partial charge on any atom is -0.380 e. The Kier molecular flexibility index (Phi) is 3.07. The van der Waals surface area contributed by atoms with E-state index in [4.69, 9.17) is 10.5 Å². The molecular weight excluding hydrogens is 240 g/mol. The van der Waals surface area contributed by atoms with Crippen molar-refractivity contribution >= 4 is 11.6 Å². The van der Waals surface area contributed by atoms with Crippen molar-refractivity contribution in [3.8, 4) is 0 Å². The van der Waals surface area contributed by atoms with E-state index in [0.717, 1.165) is 31.7 Å². The smallest absolute Gasteiger partial charge is 0.227 e. The Labute approximate surface area is 113 Å². The summed E-state index contributed by atoms with van der Waals surface area (Å²) < 4.78 is 5.31. The van der Waals surface area contributed by atoms with E-state index >= 15 is 0 Å². The summed E-state index contributed by atoms with van der Waals surface area (Å²) in [5, 5.41) is 0. The van der Waals surface area contributed by atoms with Gasteiger partial charge in [-0.2, -0.15) is 0 Å². The van der Waals surface area contributed by atoms with Crippen LogP contribution in [0.5, 0.6) is 0 Å². The Morgan fingerprint density at radius 1 is 1.37 bits per heavy atom. The molecule has 1 fully saturated rings. The van der Waals surface area contributed by atoms with Crippen LogP contribution in [0.15, 0.2) is 18.2 Å². The van der Waals surface area contributed by atoms with E-state index in [-0.39, 0.29) is 11.3 Å². The number of hydrogen-bond acceptors (Lipinski definition) is 3. The van der Waals surface area contributed by atoms with Crippen LogP contribution < -0.4 is 10.6 Å². The van der Waals surface area contributed by atoms with Gasteiger partial charge in [0, 0.05) is 31.1 Å². The van der Waals surface area contributed by atoms with Crippen molar-refractivity contribution in [3.05, 3.63) is 29.3 Å². The third-order valence-electron chi connectivity index (χ3n) is 4.32. The van der Waals surface area contributed by atoms with Gasteiger partial charge in [0.15, 0.2) is 0 Å². The molecule has 0 spiro atoms. The average Bonchev–Trinajstić information content (AvgIpc) is 2.38. The third kappa shape index (κ3) is 2.15. The molecule has 2 heterocycles. The fourth-order valence-electron chi connectivity index (χ4n) is 2.94. The number of anilines is 1. The highest BCUT2D eigenvalue weighted by Crippen LogP contribution is 2.33. The van der Waals surface area contributed by atoms with Crippen molar-refractivity contribution in [2.75, 3.05) is 31.7 Å². The van der Waals surface area contributed by atoms with Crippen LogP contribution in [0.4, 0.5) is 5.69 Å². The lowest BCUT2D eigenvalue weighted by Crippen LogP contribution is -2.49. The van der Waals surface area contributed by atoms with Crippen molar-refractivity contribution < 1.29 is 9.53 Å². The lowest BCUT2D eigenvalue weighted by atomic mass is 9.79. The number of aryl methyl sites for hydroxylation is 1. The zero-order valence-corrected chi connectivity index (χ0v) is 11.3. The number of rotatable bonds is 3. The first-order chi connectivity index (χ1) is 9.13. The summed E-state index contributed by atoms with van der Waals surface area (Å²) in [7, 11) is 1.85. The number of carbonyl (C=O) groups is 1. The summed E-state index contributed by atoms with van der Waals surface area (Å²) in [6.07, 6.45) is 2.42. The molecule has 1 saturated heterocycles. The number of nitrogens with two attached hydrogens (primary N) is 1. The van der Waals surface area contributed by atoms with Crippen molar-refractivity contribution in [2.45, 2.75) is 19.3 Å². The minimum atomic E-state index is 0.130. The Morgan fingerprint density at radius 3 is 2.79 bits per heavy atom. The molecule has 2 N–H and O–H groups in total. The lowest BCUT2D eigenvalue weighted by Gasteiger charge is -2.41. The summed E-state index contributed by atoms with van der Waals surface area (Å²) in [5.74, 6) is 0.200. The number of ether oxygens (including phenoxy) is 1. The number of carbonyl (C=O) groups excluding carboxylic acids is 1. The van der Waals surface area contributed by atoms with Gasteiger partial charge in [0.25, 0.3) is 0 Å². The van der Waals surface area contributed by atoms with E-state index in [2.05, 4.69) is 18.2 Å². The highest BCUT2D eigenvalue weighted by molar-refractivity contribution is 5.95. The molecule has 0 aromatic heterocycles. The SMILES string of the molecule is CN1C(=O)CCc2cc(CC3(CN)COC3)ccc21. The molecule has 102 valence electrons. The van der Waals surface area contributed by atoms with Crippen LogP contribution in [0, 0.1) is 5.41 Å². The molecule has 19 heavy (non-hydrogen) atoms. The second kappa shape index (κ2) is 4.62. The average molecular weight is 260 g/mol. The molecule has 1 amide bonds. The predicted molar refractivity (Wildman–Crippen MR) is 74.2 cm³/mol.